The summed E-state index contributed by atoms with van der Waals surface area (Å²) >= 11 is 0. The van der Waals surface area contributed by atoms with Crippen molar-refractivity contribution in [2.24, 2.45) is 0 Å². The highest BCUT2D eigenvalue weighted by molar-refractivity contribution is 5.81. The van der Waals surface area contributed by atoms with Gasteiger partial charge in [0.2, 0.25) is 5.91 Å². The van der Waals surface area contributed by atoms with E-state index in [9.17, 15) is 30.0 Å². The second-order valence-electron chi connectivity index (χ2n) is 4.90. The molecule has 1 fully saturated rings. The zero-order valence-electron chi connectivity index (χ0n) is 11.2. The van der Waals surface area contributed by atoms with Crippen LogP contribution < -0.4 is 10.6 Å². The second-order valence-corrected chi connectivity index (χ2v) is 4.90. The average molecular weight is 290 g/mol. The average Bonchev–Trinajstić information content (AvgIpc) is 2.44. The summed E-state index contributed by atoms with van der Waals surface area (Å²) in [5, 5.41) is 43.3. The van der Waals surface area contributed by atoms with Gasteiger partial charge in [-0.25, -0.2) is 0 Å². The lowest BCUT2D eigenvalue weighted by molar-refractivity contribution is -0.147. The van der Waals surface area contributed by atoms with Gasteiger partial charge in [-0.2, -0.15) is 0 Å². The SMILES string of the molecule is O=C1CCCCCNC(=O)[C@H](O)[C@@H](O)[C@@H](O)[C@H](O)CN1. The smallest absolute Gasteiger partial charge is 0.251 e. The van der Waals surface area contributed by atoms with E-state index in [4.69, 9.17) is 0 Å². The van der Waals surface area contributed by atoms with E-state index in [1.165, 1.54) is 0 Å². The monoisotopic (exact) mass is 290 g/mol. The molecule has 6 N–H and O–H groups in total. The Bertz CT molecular complexity index is 338. The van der Waals surface area contributed by atoms with Crippen LogP contribution in [0.3, 0.4) is 0 Å². The van der Waals surface area contributed by atoms with Crippen LogP contribution in [0.2, 0.25) is 0 Å². The summed E-state index contributed by atoms with van der Waals surface area (Å²) in [6.07, 6.45) is -4.56. The van der Waals surface area contributed by atoms with E-state index in [0.717, 1.165) is 6.42 Å². The molecule has 0 unspecified atom stereocenters. The van der Waals surface area contributed by atoms with Crippen LogP contribution in [0.1, 0.15) is 25.7 Å². The van der Waals surface area contributed by atoms with Gasteiger partial charge in [-0.1, -0.05) is 6.42 Å². The second kappa shape index (κ2) is 8.15. The van der Waals surface area contributed by atoms with E-state index in [0.29, 0.717) is 25.8 Å². The molecule has 0 aromatic rings. The quantitative estimate of drug-likeness (QED) is 0.286. The molecule has 8 heteroatoms. The molecule has 1 rings (SSSR count). The number of β-amino-alcohol motifs (C(OH)–C–C–N with tert-alkyl or cyclic N) is 1. The van der Waals surface area contributed by atoms with Crippen LogP contribution in [0.15, 0.2) is 0 Å². The van der Waals surface area contributed by atoms with E-state index >= 15 is 0 Å². The summed E-state index contributed by atoms with van der Waals surface area (Å²) in [5.41, 5.74) is 0. The number of carbonyl (C=O) groups excluding carboxylic acids is 2. The maximum atomic E-state index is 11.5. The molecule has 1 aliphatic rings. The van der Waals surface area contributed by atoms with Crippen molar-refractivity contribution < 1.29 is 30.0 Å². The van der Waals surface area contributed by atoms with Crippen molar-refractivity contribution in [1.82, 2.24) is 10.6 Å². The fraction of sp³-hybridized carbons (Fsp3) is 0.833. The van der Waals surface area contributed by atoms with Gasteiger partial charge in [-0.05, 0) is 12.8 Å². The normalized spacial score (nSPS) is 34.8. The third-order valence-corrected chi connectivity index (χ3v) is 3.22. The number of amides is 2. The summed E-state index contributed by atoms with van der Waals surface area (Å²) in [7, 11) is 0. The number of aliphatic hydroxyl groups is 4. The Morgan fingerprint density at radius 3 is 2.30 bits per heavy atom. The maximum Gasteiger partial charge on any atom is 0.251 e. The van der Waals surface area contributed by atoms with Crippen molar-refractivity contribution in [3.63, 3.8) is 0 Å². The van der Waals surface area contributed by atoms with Crippen LogP contribution in [0.5, 0.6) is 0 Å². The van der Waals surface area contributed by atoms with Gasteiger partial charge in [0.05, 0.1) is 6.10 Å². The Balaban J connectivity index is 2.67. The Kier molecular flexibility index (Phi) is 6.86. The standard InChI is InChI=1S/C12H22N2O6/c15-7-6-14-8(16)4-2-1-3-5-13-12(20)11(19)10(18)9(7)17/h7,9-11,15,17-19H,1-6H2,(H,13,20)(H,14,16)/t7-,9+,10+,11-/m1/s1. The lowest BCUT2D eigenvalue weighted by Gasteiger charge is -2.26. The highest BCUT2D eigenvalue weighted by Gasteiger charge is 2.34. The Hall–Kier alpha value is -1.22. The van der Waals surface area contributed by atoms with E-state index in [-0.39, 0.29) is 12.5 Å². The van der Waals surface area contributed by atoms with Crippen LogP contribution in [0.25, 0.3) is 0 Å². The highest BCUT2D eigenvalue weighted by Crippen LogP contribution is 2.07. The lowest BCUT2D eigenvalue weighted by Crippen LogP contribution is -2.53. The molecule has 0 radical (unpaired) electrons. The minimum absolute atomic E-state index is 0.257. The molecular formula is C12H22N2O6. The Labute approximate surface area is 116 Å². The number of hydrogen-bond acceptors (Lipinski definition) is 6. The number of nitrogens with one attached hydrogen (secondary N) is 2. The molecule has 0 spiro atoms. The molecule has 116 valence electrons. The van der Waals surface area contributed by atoms with Crippen LogP contribution in [-0.2, 0) is 9.59 Å². The molecule has 0 bridgehead atoms. The Morgan fingerprint density at radius 2 is 1.60 bits per heavy atom. The zero-order valence-corrected chi connectivity index (χ0v) is 11.2. The first-order valence-electron chi connectivity index (χ1n) is 6.70. The lowest BCUT2D eigenvalue weighted by atomic mass is 10.0. The number of aliphatic hydroxyl groups excluding tert-OH is 4. The predicted molar refractivity (Wildman–Crippen MR) is 68.5 cm³/mol. The summed E-state index contributed by atoms with van der Waals surface area (Å²) in [6, 6.07) is 0. The van der Waals surface area contributed by atoms with E-state index in [1.54, 1.807) is 0 Å². The molecule has 1 heterocycles. The molecular weight excluding hydrogens is 268 g/mol. The van der Waals surface area contributed by atoms with Gasteiger partial charge in [0.1, 0.15) is 12.2 Å². The van der Waals surface area contributed by atoms with Gasteiger partial charge in [0.25, 0.3) is 5.91 Å². The number of hydrogen-bond donors (Lipinski definition) is 6. The fourth-order valence-corrected chi connectivity index (χ4v) is 1.90. The highest BCUT2D eigenvalue weighted by atomic mass is 16.4. The van der Waals surface area contributed by atoms with Gasteiger partial charge in [-0.15, -0.1) is 0 Å². The Morgan fingerprint density at radius 1 is 0.900 bits per heavy atom. The molecule has 8 nitrogen and oxygen atoms in total. The molecule has 0 aromatic carbocycles. The van der Waals surface area contributed by atoms with Crippen LogP contribution in [0, 0.1) is 0 Å². The largest absolute Gasteiger partial charge is 0.388 e. The molecule has 1 saturated heterocycles. The van der Waals surface area contributed by atoms with Crippen LogP contribution in [0.4, 0.5) is 0 Å². The van der Waals surface area contributed by atoms with E-state index in [2.05, 4.69) is 10.6 Å². The van der Waals surface area contributed by atoms with Gasteiger partial charge in [0, 0.05) is 19.5 Å². The fourth-order valence-electron chi connectivity index (χ4n) is 1.90. The van der Waals surface area contributed by atoms with Gasteiger partial charge < -0.3 is 31.1 Å². The van der Waals surface area contributed by atoms with Gasteiger partial charge >= 0.3 is 0 Å². The molecule has 1 aliphatic heterocycles. The van der Waals surface area contributed by atoms with E-state index < -0.39 is 30.3 Å². The topological polar surface area (TPSA) is 139 Å². The molecule has 2 amide bonds. The van der Waals surface area contributed by atoms with Crippen LogP contribution >= 0.6 is 0 Å². The van der Waals surface area contributed by atoms with Crippen molar-refractivity contribution in [2.75, 3.05) is 13.1 Å². The van der Waals surface area contributed by atoms with Gasteiger partial charge in [-0.3, -0.25) is 9.59 Å². The molecule has 20 heavy (non-hydrogen) atoms. The zero-order chi connectivity index (χ0) is 15.1. The molecule has 0 aromatic heterocycles. The van der Waals surface area contributed by atoms with E-state index in [1.807, 2.05) is 0 Å². The van der Waals surface area contributed by atoms with Crippen molar-refractivity contribution in [1.29, 1.82) is 0 Å². The number of carbonyl (C=O) groups is 2. The number of rotatable bonds is 0. The third-order valence-electron chi connectivity index (χ3n) is 3.22. The predicted octanol–water partition coefficient (Wildman–Crippen LogP) is -2.76. The first kappa shape index (κ1) is 16.8. The summed E-state index contributed by atoms with van der Waals surface area (Å²) < 4.78 is 0. The minimum atomic E-state index is -1.83. The first-order valence-corrected chi connectivity index (χ1v) is 6.70. The summed E-state index contributed by atoms with van der Waals surface area (Å²) in [4.78, 5) is 22.9. The van der Waals surface area contributed by atoms with Crippen molar-refractivity contribution in [2.45, 2.75) is 50.1 Å². The first-order chi connectivity index (χ1) is 9.43. The minimum Gasteiger partial charge on any atom is -0.388 e. The van der Waals surface area contributed by atoms with Crippen molar-refractivity contribution >= 4 is 11.8 Å². The van der Waals surface area contributed by atoms with Crippen LogP contribution in [-0.4, -0.2) is 69.7 Å². The molecule has 0 saturated carbocycles. The maximum absolute atomic E-state index is 11.5. The molecule has 0 aliphatic carbocycles. The summed E-state index contributed by atoms with van der Waals surface area (Å²) in [6.45, 7) is 0.0499. The van der Waals surface area contributed by atoms with Gasteiger partial charge in [0.15, 0.2) is 6.10 Å². The molecule has 4 atom stereocenters. The summed E-state index contributed by atoms with van der Waals surface area (Å²) in [5.74, 6) is -1.06. The van der Waals surface area contributed by atoms with Crippen molar-refractivity contribution in [3.8, 4) is 0 Å². The third kappa shape index (κ3) is 5.04. The van der Waals surface area contributed by atoms with Crippen molar-refractivity contribution in [3.05, 3.63) is 0 Å².